The Kier molecular flexibility index (Phi) is 4.07. The Hall–Kier alpha value is -2.57. The lowest BCUT2D eigenvalue weighted by molar-refractivity contribution is 0.142. The second-order valence-corrected chi connectivity index (χ2v) is 8.16. The van der Waals surface area contributed by atoms with E-state index in [1.807, 2.05) is 18.5 Å². The summed E-state index contributed by atoms with van der Waals surface area (Å²) >= 11 is 0. The van der Waals surface area contributed by atoms with Crippen LogP contribution in [0.25, 0.3) is 22.0 Å². The molecule has 6 heteroatoms. The fourth-order valence-corrected chi connectivity index (χ4v) is 4.90. The number of aryl methyl sites for hydroxylation is 1. The normalized spacial score (nSPS) is 22.4. The molecule has 1 aromatic carbocycles. The van der Waals surface area contributed by atoms with Crippen molar-refractivity contribution < 1.29 is 4.74 Å². The minimum Gasteiger partial charge on any atom is -0.496 e. The van der Waals surface area contributed by atoms with Crippen molar-refractivity contribution in [2.45, 2.75) is 25.0 Å². The number of fused-ring (bicyclic) bond motifs is 3. The van der Waals surface area contributed by atoms with E-state index in [1.165, 1.54) is 12.0 Å². The van der Waals surface area contributed by atoms with Gasteiger partial charge in [0.05, 0.1) is 7.11 Å². The number of likely N-dealkylation sites (N-methyl/N-ethyl adjacent to an activating group) is 1. The van der Waals surface area contributed by atoms with E-state index in [9.17, 15) is 4.79 Å². The number of H-pyrrole nitrogens is 1. The third-order valence-corrected chi connectivity index (χ3v) is 6.49. The van der Waals surface area contributed by atoms with Crippen molar-refractivity contribution >= 4 is 10.9 Å². The van der Waals surface area contributed by atoms with Crippen molar-refractivity contribution in [2.75, 3.05) is 27.2 Å². The number of benzene rings is 1. The standard InChI is InChI=1S/C22H26N4O2/c1-24-11-17-9-16(24)12-26(17)10-15-5-4-14(8-20(15)28-3)19-13-25(2)22(27)21-18(19)6-7-23-21/h4-8,13,16-17,23H,9-12H2,1-3H3. The van der Waals surface area contributed by atoms with E-state index in [0.29, 0.717) is 17.6 Å². The lowest BCUT2D eigenvalue weighted by atomic mass is 10.0. The molecule has 2 atom stereocenters. The Morgan fingerprint density at radius 1 is 1.18 bits per heavy atom. The zero-order valence-corrected chi connectivity index (χ0v) is 16.6. The van der Waals surface area contributed by atoms with Gasteiger partial charge in [0.25, 0.3) is 5.56 Å². The van der Waals surface area contributed by atoms with Crippen molar-refractivity contribution in [3.05, 3.63) is 52.6 Å². The van der Waals surface area contributed by atoms with Gasteiger partial charge in [0.2, 0.25) is 0 Å². The SMILES string of the molecule is COc1cc(-c2cn(C)c(=O)c3[nH]ccc23)ccc1CN1CC2CC1CN2C. The summed E-state index contributed by atoms with van der Waals surface area (Å²) in [7, 11) is 5.75. The summed E-state index contributed by atoms with van der Waals surface area (Å²) in [4.78, 5) is 20.5. The van der Waals surface area contributed by atoms with E-state index in [-0.39, 0.29) is 5.56 Å². The lowest BCUT2D eigenvalue weighted by Gasteiger charge is -2.32. The molecule has 4 heterocycles. The predicted octanol–water partition coefficient (Wildman–Crippen LogP) is 2.43. The predicted molar refractivity (Wildman–Crippen MR) is 111 cm³/mol. The maximum Gasteiger partial charge on any atom is 0.274 e. The van der Waals surface area contributed by atoms with Crippen LogP contribution in [0, 0.1) is 0 Å². The van der Waals surface area contributed by atoms with E-state index < -0.39 is 0 Å². The highest BCUT2D eigenvalue weighted by Gasteiger charge is 2.41. The summed E-state index contributed by atoms with van der Waals surface area (Å²) < 4.78 is 7.38. The molecule has 5 rings (SSSR count). The Morgan fingerprint density at radius 3 is 2.75 bits per heavy atom. The number of methoxy groups -OCH3 is 1. The molecule has 2 unspecified atom stereocenters. The summed E-state index contributed by atoms with van der Waals surface area (Å²) in [5, 5.41) is 0.942. The van der Waals surface area contributed by atoms with Gasteiger partial charge < -0.3 is 19.2 Å². The van der Waals surface area contributed by atoms with Gasteiger partial charge in [-0.15, -0.1) is 0 Å². The van der Waals surface area contributed by atoms with Crippen LogP contribution in [0.4, 0.5) is 0 Å². The number of rotatable bonds is 4. The number of aromatic nitrogens is 2. The van der Waals surface area contributed by atoms with Crippen LogP contribution in [0.15, 0.2) is 41.5 Å². The fourth-order valence-electron chi connectivity index (χ4n) is 4.90. The summed E-state index contributed by atoms with van der Waals surface area (Å²) in [5.41, 5.74) is 3.94. The third-order valence-electron chi connectivity index (χ3n) is 6.49. The molecule has 0 saturated carbocycles. The van der Waals surface area contributed by atoms with Crippen molar-refractivity contribution in [2.24, 2.45) is 7.05 Å². The van der Waals surface area contributed by atoms with Crippen LogP contribution in [-0.2, 0) is 13.6 Å². The zero-order chi connectivity index (χ0) is 19.4. The highest BCUT2D eigenvalue weighted by molar-refractivity contribution is 5.94. The van der Waals surface area contributed by atoms with Gasteiger partial charge in [-0.05, 0) is 31.2 Å². The highest BCUT2D eigenvalue weighted by atomic mass is 16.5. The fraction of sp³-hybridized carbons (Fsp3) is 0.409. The Bertz CT molecular complexity index is 1100. The van der Waals surface area contributed by atoms with Crippen LogP contribution in [0.1, 0.15) is 12.0 Å². The molecule has 28 heavy (non-hydrogen) atoms. The number of nitrogens with zero attached hydrogens (tertiary/aromatic N) is 3. The Morgan fingerprint density at radius 2 is 2.04 bits per heavy atom. The van der Waals surface area contributed by atoms with E-state index >= 15 is 0 Å². The van der Waals surface area contributed by atoms with Crippen molar-refractivity contribution in [3.63, 3.8) is 0 Å². The average Bonchev–Trinajstić information content (AvgIpc) is 3.41. The maximum absolute atomic E-state index is 12.3. The van der Waals surface area contributed by atoms with Crippen LogP contribution in [0.3, 0.4) is 0 Å². The zero-order valence-electron chi connectivity index (χ0n) is 16.6. The maximum atomic E-state index is 12.3. The molecule has 3 aromatic rings. The van der Waals surface area contributed by atoms with Crippen LogP contribution < -0.4 is 10.3 Å². The van der Waals surface area contributed by atoms with Crippen LogP contribution in [0.5, 0.6) is 5.75 Å². The lowest BCUT2D eigenvalue weighted by Crippen LogP contribution is -2.43. The molecule has 2 saturated heterocycles. The first kappa shape index (κ1) is 17.5. The smallest absolute Gasteiger partial charge is 0.274 e. The molecule has 2 bridgehead atoms. The van der Waals surface area contributed by atoms with Gasteiger partial charge in [-0.25, -0.2) is 0 Å². The van der Waals surface area contributed by atoms with E-state index in [4.69, 9.17) is 4.74 Å². The van der Waals surface area contributed by atoms with Gasteiger partial charge in [-0.1, -0.05) is 12.1 Å². The number of hydrogen-bond acceptors (Lipinski definition) is 4. The van der Waals surface area contributed by atoms with Crippen LogP contribution in [0.2, 0.25) is 0 Å². The molecule has 0 aliphatic carbocycles. The molecule has 1 N–H and O–H groups in total. The number of hydrogen-bond donors (Lipinski definition) is 1. The number of ether oxygens (including phenoxy) is 1. The quantitative estimate of drug-likeness (QED) is 0.758. The summed E-state index contributed by atoms with van der Waals surface area (Å²) in [5.74, 6) is 0.908. The molecular formula is C22H26N4O2. The van der Waals surface area contributed by atoms with Gasteiger partial charge in [-0.3, -0.25) is 9.69 Å². The first-order valence-corrected chi connectivity index (χ1v) is 9.83. The monoisotopic (exact) mass is 378 g/mol. The number of nitrogens with one attached hydrogen (secondary N) is 1. The van der Waals surface area contributed by atoms with Gasteiger partial charge in [0, 0.05) is 67.7 Å². The second-order valence-electron chi connectivity index (χ2n) is 8.16. The molecule has 146 valence electrons. The third kappa shape index (κ3) is 2.67. The molecule has 2 fully saturated rings. The molecule has 6 nitrogen and oxygen atoms in total. The first-order valence-electron chi connectivity index (χ1n) is 9.83. The molecule has 0 amide bonds. The number of aromatic amines is 1. The average molecular weight is 378 g/mol. The first-order chi connectivity index (χ1) is 13.5. The topological polar surface area (TPSA) is 53.5 Å². The second kappa shape index (κ2) is 6.50. The molecular weight excluding hydrogens is 352 g/mol. The Balaban J connectivity index is 1.49. The van der Waals surface area contributed by atoms with Gasteiger partial charge >= 0.3 is 0 Å². The number of pyridine rings is 1. The largest absolute Gasteiger partial charge is 0.496 e. The van der Waals surface area contributed by atoms with E-state index in [1.54, 1.807) is 18.7 Å². The summed E-state index contributed by atoms with van der Waals surface area (Å²) in [6.45, 7) is 3.22. The van der Waals surface area contributed by atoms with Crippen molar-refractivity contribution in [1.29, 1.82) is 0 Å². The summed E-state index contributed by atoms with van der Waals surface area (Å²) in [6, 6.07) is 9.73. The Labute approximate surface area is 164 Å². The highest BCUT2D eigenvalue weighted by Crippen LogP contribution is 2.35. The van der Waals surface area contributed by atoms with Gasteiger partial charge in [-0.2, -0.15) is 0 Å². The minimum atomic E-state index is -0.0126. The molecule has 2 aliphatic heterocycles. The molecule has 2 aliphatic rings. The number of piperazine rings is 1. The van der Waals surface area contributed by atoms with E-state index in [0.717, 1.165) is 41.9 Å². The minimum absolute atomic E-state index is 0.0126. The summed E-state index contributed by atoms with van der Waals surface area (Å²) in [6.07, 6.45) is 5.00. The van der Waals surface area contributed by atoms with Crippen molar-refractivity contribution in [3.8, 4) is 16.9 Å². The van der Waals surface area contributed by atoms with Gasteiger partial charge in [0.1, 0.15) is 11.3 Å². The molecule has 2 aromatic heterocycles. The van der Waals surface area contributed by atoms with Gasteiger partial charge in [0.15, 0.2) is 0 Å². The van der Waals surface area contributed by atoms with E-state index in [2.05, 4.69) is 40.0 Å². The van der Waals surface area contributed by atoms with Crippen LogP contribution >= 0.6 is 0 Å². The molecule has 0 spiro atoms. The van der Waals surface area contributed by atoms with Crippen LogP contribution in [-0.4, -0.2) is 58.7 Å². The number of likely N-dealkylation sites (tertiary alicyclic amines) is 2. The van der Waals surface area contributed by atoms with Crippen molar-refractivity contribution in [1.82, 2.24) is 19.4 Å². The molecule has 0 radical (unpaired) electrons.